The first-order chi connectivity index (χ1) is 19.5. The molecule has 5 N–H and O–H groups in total. The Morgan fingerprint density at radius 1 is 1.21 bits per heavy atom. The molecule has 2 aromatic carbocycles. The van der Waals surface area contributed by atoms with Crippen molar-refractivity contribution in [1.82, 2.24) is 25.9 Å². The number of likely N-dealkylation sites (tertiary alicyclic amines) is 1. The van der Waals surface area contributed by atoms with E-state index in [9.17, 15) is 14.4 Å². The molecule has 1 aromatic heterocycles. The van der Waals surface area contributed by atoms with Gasteiger partial charge in [-0.05, 0) is 56.8 Å². The van der Waals surface area contributed by atoms with Gasteiger partial charge in [0.2, 0.25) is 17.6 Å². The van der Waals surface area contributed by atoms with Gasteiger partial charge in [0, 0.05) is 14.5 Å². The third-order valence-electron chi connectivity index (χ3n) is 6.75. The third-order valence-corrected chi connectivity index (χ3v) is 7.80. The van der Waals surface area contributed by atoms with Crippen LogP contribution in [0.2, 0.25) is 0 Å². The van der Waals surface area contributed by atoms with Crippen molar-refractivity contribution in [1.29, 1.82) is 0 Å². The molecule has 3 aromatic rings. The zero-order chi connectivity index (χ0) is 28.3. The van der Waals surface area contributed by atoms with Gasteiger partial charge in [0.1, 0.15) is 6.04 Å². The zero-order valence-corrected chi connectivity index (χ0v) is 22.5. The number of Topliss-reactive ketones (excluding diaryl/α,β-unsaturated/α-hetero) is 1. The van der Waals surface area contributed by atoms with Crippen LogP contribution in [0.3, 0.4) is 0 Å². The maximum absolute atomic E-state index is 13.6. The second kappa shape index (κ2) is 13.9. The average molecular weight is 551 g/mol. The first kappa shape index (κ1) is 26.9. The Morgan fingerprint density at radius 2 is 2.00 bits per heavy atom. The van der Waals surface area contributed by atoms with Crippen molar-refractivity contribution in [3.63, 3.8) is 0 Å². The molecule has 0 unspecified atom stereocenters. The number of rotatable bonds is 13. The number of nitrogens with two attached hydrogens (primary N) is 1. The Balaban J connectivity index is 1.48. The van der Waals surface area contributed by atoms with Crippen molar-refractivity contribution in [3.05, 3.63) is 65.2 Å². The number of benzene rings is 2. The van der Waals surface area contributed by atoms with E-state index in [0.717, 1.165) is 15.8 Å². The normalized spacial score (nSPS) is 17.2. The highest BCUT2D eigenvalue weighted by atomic mass is 32.1. The first-order valence-corrected chi connectivity index (χ1v) is 13.8. The smallest absolute Gasteiger partial charge is 0.243 e. The standard InChI is InChI=1S/C28H35N7O3S/c1-30-22(17-19-9-3-2-4-10-19)28(38)35-16-8-13-23(35)26(37)33-21(12-7-15-31-18-32-29)25(36)27-34-20-11-5-6-14-24(20)39-27/h2-6,9-11,14,18,21-23,30H,7-8,12-13,15-17,29H2,1H3,(H,31,32)(H,33,37)/t21-,22+,23+/m1/s1/i1D. The fourth-order valence-corrected chi connectivity index (χ4v) is 5.73. The number of aromatic nitrogens is 1. The number of hydrogen-bond acceptors (Lipinski definition) is 8. The van der Waals surface area contributed by atoms with Gasteiger partial charge in [-0.15, -0.1) is 11.3 Å². The van der Waals surface area contributed by atoms with Crippen LogP contribution in [0.4, 0.5) is 0 Å². The fraction of sp³-hybridized carbons (Fsp3) is 0.393. The van der Waals surface area contributed by atoms with Gasteiger partial charge in [0.05, 0.1) is 28.6 Å². The molecule has 206 valence electrons. The number of fused-ring (bicyclic) bond motifs is 1. The molecule has 0 aliphatic carbocycles. The summed E-state index contributed by atoms with van der Waals surface area (Å²) in [7, 11) is -0.116. The van der Waals surface area contributed by atoms with E-state index in [4.69, 9.17) is 7.21 Å². The highest BCUT2D eigenvalue weighted by Crippen LogP contribution is 2.24. The van der Waals surface area contributed by atoms with Crippen LogP contribution in [0.5, 0.6) is 0 Å². The molecule has 39 heavy (non-hydrogen) atoms. The molecule has 1 fully saturated rings. The predicted molar refractivity (Wildman–Crippen MR) is 154 cm³/mol. The van der Waals surface area contributed by atoms with Crippen molar-refractivity contribution in [2.45, 2.75) is 50.2 Å². The Morgan fingerprint density at radius 3 is 2.77 bits per heavy atom. The number of carbonyl (C=O) groups is 3. The van der Waals surface area contributed by atoms with Crippen LogP contribution in [0.1, 0.15) is 42.4 Å². The molecule has 0 saturated carbocycles. The predicted octanol–water partition coefficient (Wildman–Crippen LogP) is 2.06. The van der Waals surface area contributed by atoms with E-state index >= 15 is 0 Å². The first-order valence-electron chi connectivity index (χ1n) is 13.7. The Kier molecular flexibility index (Phi) is 9.61. The van der Waals surface area contributed by atoms with Crippen molar-refractivity contribution in [3.8, 4) is 0 Å². The van der Waals surface area contributed by atoms with E-state index in [-0.39, 0.29) is 24.6 Å². The second-order valence-electron chi connectivity index (χ2n) is 9.39. The van der Waals surface area contributed by atoms with Crippen LogP contribution in [0, 0.1) is 0 Å². The summed E-state index contributed by atoms with van der Waals surface area (Å²) in [5.74, 6) is 4.39. The SMILES string of the molecule is [2H]CN[C@@H](Cc1ccccc1)C(=O)N1CCC[C@H]1C(=O)N[C@H](CCCN=CNN)C(=O)c1nc2ccccc2s1. The lowest BCUT2D eigenvalue weighted by Gasteiger charge is -2.29. The molecule has 11 heteroatoms. The van der Waals surface area contributed by atoms with Gasteiger partial charge >= 0.3 is 0 Å². The van der Waals surface area contributed by atoms with Gasteiger partial charge in [-0.1, -0.05) is 42.5 Å². The number of hydrogen-bond donors (Lipinski definition) is 4. The summed E-state index contributed by atoms with van der Waals surface area (Å²) in [6.07, 6.45) is 3.88. The molecule has 1 aliphatic rings. The fourth-order valence-electron chi connectivity index (χ4n) is 4.77. The number of para-hydroxylation sites is 1. The third kappa shape index (κ3) is 7.25. The average Bonchev–Trinajstić information content (AvgIpc) is 3.64. The molecule has 4 rings (SSSR count). The molecular weight excluding hydrogens is 514 g/mol. The molecule has 0 spiro atoms. The van der Waals surface area contributed by atoms with Crippen molar-refractivity contribution in [2.24, 2.45) is 10.8 Å². The van der Waals surface area contributed by atoms with Crippen molar-refractivity contribution < 1.29 is 15.8 Å². The topological polar surface area (TPSA) is 142 Å². The van der Waals surface area contributed by atoms with Crippen molar-refractivity contribution in [2.75, 3.05) is 20.1 Å². The molecule has 10 nitrogen and oxygen atoms in total. The number of nitrogens with zero attached hydrogens (tertiary/aromatic N) is 3. The monoisotopic (exact) mass is 550 g/mol. The number of likely N-dealkylation sites (N-methyl/N-ethyl adjacent to an activating group) is 1. The summed E-state index contributed by atoms with van der Waals surface area (Å²) in [5, 5.41) is 6.23. The van der Waals surface area contributed by atoms with Crippen LogP contribution < -0.4 is 21.9 Å². The largest absolute Gasteiger partial charge is 0.344 e. The van der Waals surface area contributed by atoms with Crippen LogP contribution in [-0.2, 0) is 16.0 Å². The van der Waals surface area contributed by atoms with Crippen LogP contribution in [0.25, 0.3) is 10.2 Å². The van der Waals surface area contributed by atoms with Crippen LogP contribution >= 0.6 is 11.3 Å². The van der Waals surface area contributed by atoms with Crippen molar-refractivity contribution >= 4 is 45.5 Å². The van der Waals surface area contributed by atoms with Gasteiger partial charge in [-0.25, -0.2) is 10.8 Å². The highest BCUT2D eigenvalue weighted by Gasteiger charge is 2.38. The number of hydrazine groups is 1. The summed E-state index contributed by atoms with van der Waals surface area (Å²) in [6, 6.07) is 15.0. The highest BCUT2D eigenvalue weighted by molar-refractivity contribution is 7.20. The number of carbonyl (C=O) groups excluding carboxylic acids is 3. The molecular formula is C28H35N7O3S. The van der Waals surface area contributed by atoms with Gasteiger partial charge in [-0.2, -0.15) is 0 Å². The lowest BCUT2D eigenvalue weighted by molar-refractivity contribution is -0.140. The Labute approximate surface area is 233 Å². The second-order valence-corrected chi connectivity index (χ2v) is 10.4. The minimum atomic E-state index is -0.807. The molecule has 2 amide bonds. The Bertz CT molecular complexity index is 1290. The van der Waals surface area contributed by atoms with E-state index in [1.54, 1.807) is 4.90 Å². The van der Waals surface area contributed by atoms with Crippen LogP contribution in [-0.4, -0.2) is 72.1 Å². The van der Waals surface area contributed by atoms with E-state index in [2.05, 4.69) is 26.0 Å². The summed E-state index contributed by atoms with van der Waals surface area (Å²) < 4.78 is 8.54. The zero-order valence-electron chi connectivity index (χ0n) is 22.7. The minimum Gasteiger partial charge on any atom is -0.344 e. The molecule has 0 bridgehead atoms. The number of thiazole rings is 1. The summed E-state index contributed by atoms with van der Waals surface area (Å²) >= 11 is 1.30. The number of aliphatic imine (C=N–C) groups is 1. The summed E-state index contributed by atoms with van der Waals surface area (Å²) in [4.78, 5) is 50.9. The van der Waals surface area contributed by atoms with E-state index in [0.29, 0.717) is 50.2 Å². The molecule has 0 radical (unpaired) electrons. The van der Waals surface area contributed by atoms with E-state index in [1.165, 1.54) is 17.7 Å². The lowest BCUT2D eigenvalue weighted by Crippen LogP contribution is -2.54. The van der Waals surface area contributed by atoms with Gasteiger partial charge in [-0.3, -0.25) is 19.4 Å². The molecule has 1 saturated heterocycles. The summed E-state index contributed by atoms with van der Waals surface area (Å²) in [6.45, 7) is 0.872. The maximum atomic E-state index is 13.6. The number of amides is 2. The van der Waals surface area contributed by atoms with E-state index < -0.39 is 18.1 Å². The molecule has 1 aliphatic heterocycles. The van der Waals surface area contributed by atoms with Gasteiger partial charge in [0.25, 0.3) is 0 Å². The van der Waals surface area contributed by atoms with Gasteiger partial charge in [0.15, 0.2) is 5.01 Å². The van der Waals surface area contributed by atoms with Gasteiger partial charge < -0.3 is 21.0 Å². The summed E-state index contributed by atoms with van der Waals surface area (Å²) in [5.41, 5.74) is 4.05. The molecule has 3 atom stereocenters. The minimum absolute atomic E-state index is 0.116. The molecule has 2 heterocycles. The maximum Gasteiger partial charge on any atom is 0.243 e. The van der Waals surface area contributed by atoms with Crippen LogP contribution in [0.15, 0.2) is 59.6 Å². The van der Waals surface area contributed by atoms with E-state index in [1.807, 2.05) is 54.6 Å². The number of nitrogens with one attached hydrogen (secondary N) is 3. The lowest BCUT2D eigenvalue weighted by atomic mass is 10.0. The Hall–Kier alpha value is -3.67. The quantitative estimate of drug-likeness (QED) is 0.0637. The number of ketones is 1.